The predicted octanol–water partition coefficient (Wildman–Crippen LogP) is 5.35. The standard InChI is InChI=1S/C19H12Cl2INO2/c20-10-1-3-12(14(21)7-10)9-5-16-18(17(24)6-9)19(25)13-8-11(22)2-4-15(13)23-16/h1-4,7-9H,5-6H2,(H,23,25). The van der Waals surface area contributed by atoms with Crippen molar-refractivity contribution in [2.75, 3.05) is 0 Å². The Balaban J connectivity index is 1.86. The molecule has 4 rings (SSSR count). The van der Waals surface area contributed by atoms with Crippen molar-refractivity contribution < 1.29 is 4.79 Å². The molecule has 1 aliphatic carbocycles. The molecule has 1 heterocycles. The van der Waals surface area contributed by atoms with Gasteiger partial charge in [0.05, 0.1) is 5.56 Å². The highest BCUT2D eigenvalue weighted by Crippen LogP contribution is 2.36. The summed E-state index contributed by atoms with van der Waals surface area (Å²) in [6, 6.07) is 10.9. The molecule has 0 bridgehead atoms. The Hall–Kier alpha value is -1.37. The van der Waals surface area contributed by atoms with Crippen molar-refractivity contribution in [1.82, 2.24) is 4.98 Å². The third kappa shape index (κ3) is 3.00. The number of H-pyrrole nitrogens is 1. The van der Waals surface area contributed by atoms with Crippen molar-refractivity contribution in [2.45, 2.75) is 18.8 Å². The number of hydrogen-bond acceptors (Lipinski definition) is 2. The second-order valence-corrected chi connectivity index (χ2v) is 8.28. The lowest BCUT2D eigenvalue weighted by molar-refractivity contribution is 0.0962. The van der Waals surface area contributed by atoms with Crippen LogP contribution in [0.3, 0.4) is 0 Å². The number of hydrogen-bond donors (Lipinski definition) is 1. The first-order valence-electron chi connectivity index (χ1n) is 7.76. The van der Waals surface area contributed by atoms with Crippen molar-refractivity contribution in [3.05, 3.63) is 77.1 Å². The SMILES string of the molecule is O=C1CC(c2ccc(Cl)cc2Cl)Cc2[nH]c3ccc(I)cc3c(=O)c21. The number of nitrogens with one attached hydrogen (secondary N) is 1. The number of fused-ring (bicyclic) bond motifs is 2. The molecule has 3 aromatic rings. The van der Waals surface area contributed by atoms with Crippen molar-refractivity contribution >= 4 is 62.5 Å². The highest BCUT2D eigenvalue weighted by atomic mass is 127. The highest BCUT2D eigenvalue weighted by Gasteiger charge is 2.30. The number of benzene rings is 2. The lowest BCUT2D eigenvalue weighted by Crippen LogP contribution is -2.27. The molecule has 0 saturated heterocycles. The molecule has 1 N–H and O–H groups in total. The van der Waals surface area contributed by atoms with Gasteiger partial charge in [0.2, 0.25) is 0 Å². The molecule has 25 heavy (non-hydrogen) atoms. The molecule has 0 fully saturated rings. The fourth-order valence-electron chi connectivity index (χ4n) is 3.46. The second kappa shape index (κ2) is 6.41. The van der Waals surface area contributed by atoms with Gasteiger partial charge in [-0.25, -0.2) is 0 Å². The van der Waals surface area contributed by atoms with Gasteiger partial charge in [0.1, 0.15) is 0 Å². The Morgan fingerprint density at radius 3 is 2.60 bits per heavy atom. The summed E-state index contributed by atoms with van der Waals surface area (Å²) in [6.07, 6.45) is 0.840. The second-order valence-electron chi connectivity index (χ2n) is 6.19. The zero-order chi connectivity index (χ0) is 17.7. The summed E-state index contributed by atoms with van der Waals surface area (Å²) in [5.41, 5.74) is 2.42. The summed E-state index contributed by atoms with van der Waals surface area (Å²) >= 11 is 14.4. The Morgan fingerprint density at radius 1 is 1.04 bits per heavy atom. The molecule has 1 atom stereocenters. The van der Waals surface area contributed by atoms with E-state index in [-0.39, 0.29) is 29.1 Å². The number of rotatable bonds is 1. The zero-order valence-electron chi connectivity index (χ0n) is 12.9. The number of carbonyl (C=O) groups excluding carboxylic acids is 1. The largest absolute Gasteiger partial charge is 0.358 e. The Labute approximate surface area is 167 Å². The minimum atomic E-state index is -0.187. The van der Waals surface area contributed by atoms with Crippen LogP contribution in [0, 0.1) is 3.57 Å². The fourth-order valence-corrected chi connectivity index (χ4v) is 4.51. The Bertz CT molecular complexity index is 1090. The number of Topliss-reactive ketones (excluding diaryl/α,β-unsaturated/α-hetero) is 1. The minimum absolute atomic E-state index is 0.0679. The lowest BCUT2D eigenvalue weighted by atomic mass is 9.81. The van der Waals surface area contributed by atoms with Gasteiger partial charge in [-0.1, -0.05) is 29.3 Å². The molecular weight excluding hydrogens is 472 g/mol. The number of halogens is 3. The van der Waals surface area contributed by atoms with E-state index in [4.69, 9.17) is 23.2 Å². The van der Waals surface area contributed by atoms with E-state index in [1.54, 1.807) is 12.1 Å². The summed E-state index contributed by atoms with van der Waals surface area (Å²) in [5.74, 6) is -0.207. The summed E-state index contributed by atoms with van der Waals surface area (Å²) < 4.78 is 0.963. The van der Waals surface area contributed by atoms with E-state index in [0.29, 0.717) is 27.5 Å². The first kappa shape index (κ1) is 17.1. The first-order valence-corrected chi connectivity index (χ1v) is 9.60. The summed E-state index contributed by atoms with van der Waals surface area (Å²) in [6.45, 7) is 0. The van der Waals surface area contributed by atoms with Crippen LogP contribution in [-0.2, 0) is 6.42 Å². The summed E-state index contributed by atoms with van der Waals surface area (Å²) in [5, 5.41) is 1.67. The lowest BCUT2D eigenvalue weighted by Gasteiger charge is -2.24. The molecule has 0 aliphatic heterocycles. The highest BCUT2D eigenvalue weighted by molar-refractivity contribution is 14.1. The van der Waals surface area contributed by atoms with Gasteiger partial charge in [-0.05, 0) is 70.8 Å². The number of aromatic amines is 1. The van der Waals surface area contributed by atoms with Crippen LogP contribution in [0.15, 0.2) is 41.2 Å². The summed E-state index contributed by atoms with van der Waals surface area (Å²) in [7, 11) is 0. The van der Waals surface area contributed by atoms with Crippen LogP contribution in [-0.4, -0.2) is 10.8 Å². The Kier molecular flexibility index (Phi) is 4.38. The number of aromatic nitrogens is 1. The minimum Gasteiger partial charge on any atom is -0.358 e. The maximum Gasteiger partial charge on any atom is 0.200 e. The molecule has 0 spiro atoms. The maximum absolute atomic E-state index is 12.8. The van der Waals surface area contributed by atoms with Gasteiger partial charge in [-0.2, -0.15) is 0 Å². The van der Waals surface area contributed by atoms with Gasteiger partial charge in [0, 0.05) is 36.6 Å². The molecule has 0 amide bonds. The zero-order valence-corrected chi connectivity index (χ0v) is 16.6. The molecule has 0 saturated carbocycles. The van der Waals surface area contributed by atoms with Gasteiger partial charge < -0.3 is 4.98 Å². The van der Waals surface area contributed by atoms with E-state index in [9.17, 15) is 9.59 Å². The molecular formula is C19H12Cl2INO2. The van der Waals surface area contributed by atoms with E-state index in [1.807, 2.05) is 24.3 Å². The average Bonchev–Trinajstić information content (AvgIpc) is 2.55. The maximum atomic E-state index is 12.8. The first-order chi connectivity index (χ1) is 11.9. The fraction of sp³-hybridized carbons (Fsp3) is 0.158. The molecule has 126 valence electrons. The smallest absolute Gasteiger partial charge is 0.200 e. The van der Waals surface area contributed by atoms with Crippen molar-refractivity contribution in [3.63, 3.8) is 0 Å². The van der Waals surface area contributed by atoms with Crippen LogP contribution in [0.2, 0.25) is 10.0 Å². The van der Waals surface area contributed by atoms with Crippen LogP contribution in [0.5, 0.6) is 0 Å². The van der Waals surface area contributed by atoms with Crippen molar-refractivity contribution in [2.24, 2.45) is 0 Å². The van der Waals surface area contributed by atoms with Gasteiger partial charge >= 0.3 is 0 Å². The van der Waals surface area contributed by atoms with Gasteiger partial charge in [0.25, 0.3) is 0 Å². The van der Waals surface area contributed by atoms with E-state index in [1.165, 1.54) is 0 Å². The van der Waals surface area contributed by atoms with Crippen LogP contribution < -0.4 is 5.43 Å². The van der Waals surface area contributed by atoms with Crippen LogP contribution in [0.1, 0.15) is 34.0 Å². The third-order valence-corrected chi connectivity index (χ3v) is 5.84. The molecule has 0 radical (unpaired) electrons. The van der Waals surface area contributed by atoms with Crippen LogP contribution in [0.25, 0.3) is 10.9 Å². The van der Waals surface area contributed by atoms with Crippen molar-refractivity contribution in [3.8, 4) is 0 Å². The van der Waals surface area contributed by atoms with Crippen LogP contribution >= 0.6 is 45.8 Å². The monoisotopic (exact) mass is 483 g/mol. The normalized spacial score (nSPS) is 16.9. The van der Waals surface area contributed by atoms with Gasteiger partial charge in [-0.15, -0.1) is 0 Å². The molecule has 2 aromatic carbocycles. The quantitative estimate of drug-likeness (QED) is 0.474. The summed E-state index contributed by atoms with van der Waals surface area (Å²) in [4.78, 5) is 28.8. The van der Waals surface area contributed by atoms with Crippen molar-refractivity contribution in [1.29, 1.82) is 0 Å². The van der Waals surface area contributed by atoms with E-state index < -0.39 is 0 Å². The van der Waals surface area contributed by atoms with Crippen LogP contribution in [0.4, 0.5) is 0 Å². The van der Waals surface area contributed by atoms with E-state index in [0.717, 1.165) is 14.7 Å². The molecule has 6 heteroatoms. The van der Waals surface area contributed by atoms with E-state index in [2.05, 4.69) is 27.6 Å². The third-order valence-electron chi connectivity index (χ3n) is 4.60. The molecule has 1 aromatic heterocycles. The number of ketones is 1. The van der Waals surface area contributed by atoms with Gasteiger partial charge in [-0.3, -0.25) is 9.59 Å². The number of pyridine rings is 1. The molecule has 1 unspecified atom stereocenters. The molecule has 1 aliphatic rings. The predicted molar refractivity (Wildman–Crippen MR) is 109 cm³/mol. The molecule has 3 nitrogen and oxygen atoms in total. The topological polar surface area (TPSA) is 49.9 Å². The van der Waals surface area contributed by atoms with Gasteiger partial charge in [0.15, 0.2) is 11.2 Å². The van der Waals surface area contributed by atoms with E-state index >= 15 is 0 Å². The Morgan fingerprint density at radius 2 is 1.84 bits per heavy atom. The number of carbonyl (C=O) groups is 1. The average molecular weight is 484 g/mol.